The summed E-state index contributed by atoms with van der Waals surface area (Å²) in [5.74, 6) is -1.65. The molecule has 4 rings (SSSR count). The van der Waals surface area contributed by atoms with E-state index in [1.807, 2.05) is 0 Å². The first-order chi connectivity index (χ1) is 16.3. The summed E-state index contributed by atoms with van der Waals surface area (Å²) in [4.78, 5) is 18.7. The summed E-state index contributed by atoms with van der Waals surface area (Å²) in [5, 5.41) is 2.53. The van der Waals surface area contributed by atoms with Crippen LogP contribution < -0.4 is 11.1 Å². The number of fused-ring (bicyclic) bond motifs is 1. The van der Waals surface area contributed by atoms with Crippen LogP contribution in [0.25, 0.3) is 11.3 Å². The topological polar surface area (TPSA) is 76.2 Å². The molecular weight excluding hydrogens is 493 g/mol. The minimum absolute atomic E-state index is 0.199. The van der Waals surface area contributed by atoms with E-state index in [1.165, 1.54) is 12.1 Å². The molecule has 1 amide bonds. The first-order valence-corrected chi connectivity index (χ1v) is 10.9. The maximum atomic E-state index is 14.1. The molecule has 2 aromatic carbocycles. The standard InChI is InChI=1S/C23H21ClF5N5O/c1-22(2)21-32-19(12-3-6-16(25)17(26)9-12)20(33(21)7-8-34(22)18(35)11-30)31-13-4-5-14(15(24)10-13)23(27,28)29/h3-6,9-10,31H,7-8,11,30H2,1-2H3. The number of amides is 1. The number of nitrogens with zero attached hydrogens (tertiary/aromatic N) is 3. The maximum Gasteiger partial charge on any atom is 0.417 e. The number of nitrogens with two attached hydrogens (primary N) is 1. The van der Waals surface area contributed by atoms with Crippen molar-refractivity contribution in [3.05, 3.63) is 64.4 Å². The number of halogens is 6. The molecule has 0 atom stereocenters. The SMILES string of the molecule is CC1(C)c2nc(-c3ccc(F)c(F)c3)c(Nc3ccc(C(F)(F)F)c(Cl)c3)n2CCN1C(=O)CN. The van der Waals surface area contributed by atoms with Gasteiger partial charge >= 0.3 is 6.18 Å². The molecule has 0 radical (unpaired) electrons. The fourth-order valence-corrected chi connectivity index (χ4v) is 4.50. The van der Waals surface area contributed by atoms with E-state index >= 15 is 0 Å². The molecule has 0 saturated carbocycles. The molecule has 0 spiro atoms. The van der Waals surface area contributed by atoms with Crippen molar-refractivity contribution in [2.24, 2.45) is 5.73 Å². The van der Waals surface area contributed by atoms with Gasteiger partial charge in [-0.3, -0.25) is 4.79 Å². The van der Waals surface area contributed by atoms with Crippen molar-refractivity contribution in [3.63, 3.8) is 0 Å². The number of hydrogen-bond donors (Lipinski definition) is 2. The van der Waals surface area contributed by atoms with Gasteiger partial charge in [0.25, 0.3) is 0 Å². The maximum absolute atomic E-state index is 14.1. The van der Waals surface area contributed by atoms with Gasteiger partial charge in [0.2, 0.25) is 5.91 Å². The van der Waals surface area contributed by atoms with E-state index in [2.05, 4.69) is 10.3 Å². The Hall–Kier alpha value is -3.18. The van der Waals surface area contributed by atoms with Gasteiger partial charge in [0, 0.05) is 24.3 Å². The summed E-state index contributed by atoms with van der Waals surface area (Å²) in [6.07, 6.45) is -4.62. The second-order valence-electron chi connectivity index (χ2n) is 8.54. The largest absolute Gasteiger partial charge is 0.417 e. The molecule has 1 aromatic heterocycles. The monoisotopic (exact) mass is 513 g/mol. The number of carbonyl (C=O) groups is 1. The third-order valence-corrected chi connectivity index (χ3v) is 6.26. The minimum atomic E-state index is -4.62. The highest BCUT2D eigenvalue weighted by Crippen LogP contribution is 2.41. The van der Waals surface area contributed by atoms with Gasteiger partial charge in [-0.05, 0) is 50.2 Å². The lowest BCUT2D eigenvalue weighted by Crippen LogP contribution is -2.53. The van der Waals surface area contributed by atoms with Gasteiger partial charge in [-0.25, -0.2) is 13.8 Å². The lowest BCUT2D eigenvalue weighted by atomic mass is 9.99. The second-order valence-corrected chi connectivity index (χ2v) is 8.95. The van der Waals surface area contributed by atoms with Crippen molar-refractivity contribution in [3.8, 4) is 11.3 Å². The van der Waals surface area contributed by atoms with Crippen LogP contribution in [0.1, 0.15) is 25.2 Å². The Morgan fingerprint density at radius 3 is 2.46 bits per heavy atom. The first-order valence-electron chi connectivity index (χ1n) is 10.5. The van der Waals surface area contributed by atoms with Crippen molar-refractivity contribution < 1.29 is 26.7 Å². The highest BCUT2D eigenvalue weighted by molar-refractivity contribution is 6.31. The molecule has 1 aliphatic rings. The third-order valence-electron chi connectivity index (χ3n) is 5.94. The van der Waals surface area contributed by atoms with Crippen molar-refractivity contribution in [2.45, 2.75) is 32.1 Å². The summed E-state index contributed by atoms with van der Waals surface area (Å²) in [6.45, 7) is 3.90. The number of hydrogen-bond acceptors (Lipinski definition) is 4. The third kappa shape index (κ3) is 4.45. The number of rotatable bonds is 4. The van der Waals surface area contributed by atoms with E-state index in [9.17, 15) is 26.7 Å². The molecule has 0 aliphatic carbocycles. The van der Waals surface area contributed by atoms with Crippen LogP contribution in [0.15, 0.2) is 36.4 Å². The summed E-state index contributed by atoms with van der Waals surface area (Å²) in [7, 11) is 0. The van der Waals surface area contributed by atoms with Gasteiger partial charge in [-0.1, -0.05) is 11.6 Å². The first kappa shape index (κ1) is 24.9. The molecule has 35 heavy (non-hydrogen) atoms. The molecule has 0 saturated heterocycles. The van der Waals surface area contributed by atoms with E-state index in [0.29, 0.717) is 11.6 Å². The second kappa shape index (κ2) is 8.80. The van der Waals surface area contributed by atoms with Crippen LogP contribution in [0, 0.1) is 11.6 Å². The zero-order valence-corrected chi connectivity index (χ0v) is 19.4. The van der Waals surface area contributed by atoms with Crippen molar-refractivity contribution in [1.29, 1.82) is 0 Å². The summed E-state index contributed by atoms with van der Waals surface area (Å²) < 4.78 is 68.8. The fraction of sp³-hybridized carbons (Fsp3) is 0.304. The van der Waals surface area contributed by atoms with Gasteiger partial charge in [0.05, 0.1) is 22.7 Å². The van der Waals surface area contributed by atoms with Gasteiger partial charge in [-0.2, -0.15) is 13.2 Å². The zero-order valence-electron chi connectivity index (χ0n) is 18.7. The summed E-state index contributed by atoms with van der Waals surface area (Å²) >= 11 is 5.88. The van der Waals surface area contributed by atoms with E-state index in [0.717, 1.165) is 24.3 Å². The predicted molar refractivity (Wildman–Crippen MR) is 121 cm³/mol. The molecule has 3 N–H and O–H groups in total. The molecule has 6 nitrogen and oxygen atoms in total. The van der Waals surface area contributed by atoms with Crippen LogP contribution in [0.2, 0.25) is 5.02 Å². The van der Waals surface area contributed by atoms with E-state index in [4.69, 9.17) is 17.3 Å². The number of carbonyl (C=O) groups excluding carboxylic acids is 1. The molecule has 3 aromatic rings. The average molecular weight is 514 g/mol. The average Bonchev–Trinajstić information content (AvgIpc) is 3.14. The molecule has 0 fully saturated rings. The molecule has 12 heteroatoms. The Balaban J connectivity index is 1.86. The molecule has 1 aliphatic heterocycles. The van der Waals surface area contributed by atoms with Crippen LogP contribution in [0.3, 0.4) is 0 Å². The molecule has 2 heterocycles. The fourth-order valence-electron chi connectivity index (χ4n) is 4.22. The van der Waals surface area contributed by atoms with Crippen LogP contribution in [-0.4, -0.2) is 33.4 Å². The minimum Gasteiger partial charge on any atom is -0.340 e. The summed E-state index contributed by atoms with van der Waals surface area (Å²) in [5.41, 5.74) is 4.35. The number of imidazole rings is 1. The molecule has 0 bridgehead atoms. The number of alkyl halides is 3. The molecule has 0 unspecified atom stereocenters. The van der Waals surface area contributed by atoms with Crippen LogP contribution in [0.5, 0.6) is 0 Å². The Labute approximate surface area is 202 Å². The van der Waals surface area contributed by atoms with Gasteiger partial charge in [-0.15, -0.1) is 0 Å². The smallest absolute Gasteiger partial charge is 0.340 e. The van der Waals surface area contributed by atoms with E-state index in [1.54, 1.807) is 23.3 Å². The van der Waals surface area contributed by atoms with Crippen LogP contribution >= 0.6 is 11.6 Å². The molecular formula is C23H21ClF5N5O. The Bertz CT molecular complexity index is 1300. The van der Waals surface area contributed by atoms with Crippen molar-refractivity contribution in [1.82, 2.24) is 14.5 Å². The lowest BCUT2D eigenvalue weighted by molar-refractivity contribution is -0.138. The lowest BCUT2D eigenvalue weighted by Gasteiger charge is -2.42. The van der Waals surface area contributed by atoms with Gasteiger partial charge in [0.15, 0.2) is 11.6 Å². The zero-order chi connectivity index (χ0) is 25.7. The van der Waals surface area contributed by atoms with E-state index in [-0.39, 0.29) is 42.5 Å². The Morgan fingerprint density at radius 1 is 1.14 bits per heavy atom. The molecule has 186 valence electrons. The quantitative estimate of drug-likeness (QED) is 0.465. The number of benzene rings is 2. The highest BCUT2D eigenvalue weighted by Gasteiger charge is 2.41. The predicted octanol–water partition coefficient (Wildman–Crippen LogP) is 5.28. The summed E-state index contributed by atoms with van der Waals surface area (Å²) in [6, 6.07) is 6.45. The highest BCUT2D eigenvalue weighted by atomic mass is 35.5. The van der Waals surface area contributed by atoms with Gasteiger partial charge in [0.1, 0.15) is 17.3 Å². The van der Waals surface area contributed by atoms with Crippen molar-refractivity contribution in [2.75, 3.05) is 18.4 Å². The van der Waals surface area contributed by atoms with Gasteiger partial charge < -0.3 is 20.5 Å². The van der Waals surface area contributed by atoms with Crippen molar-refractivity contribution >= 4 is 29.0 Å². The number of nitrogens with one attached hydrogen (secondary N) is 1. The van der Waals surface area contributed by atoms with Crippen LogP contribution in [-0.2, 0) is 23.1 Å². The number of aromatic nitrogens is 2. The Morgan fingerprint density at radius 2 is 1.86 bits per heavy atom. The Kier molecular flexibility index (Phi) is 6.26. The normalized spacial score (nSPS) is 15.2. The van der Waals surface area contributed by atoms with Crippen LogP contribution in [0.4, 0.5) is 33.5 Å². The van der Waals surface area contributed by atoms with E-state index < -0.39 is 33.9 Å². The number of anilines is 2.